The topological polar surface area (TPSA) is 38.3 Å². The maximum atomic E-state index is 11.6. The minimum atomic E-state index is -0.242. The van der Waals surface area contributed by atoms with Crippen LogP contribution in [-0.2, 0) is 4.74 Å². The highest BCUT2D eigenvalue weighted by Gasteiger charge is 2.34. The molecule has 0 radical (unpaired) electrons. The number of benzene rings is 1. The Balaban J connectivity index is 1.81. The van der Waals surface area contributed by atoms with Gasteiger partial charge >= 0.3 is 5.97 Å². The summed E-state index contributed by atoms with van der Waals surface area (Å²) in [5.41, 5.74) is 1.96. The van der Waals surface area contributed by atoms with Crippen molar-refractivity contribution in [2.24, 2.45) is 0 Å². The van der Waals surface area contributed by atoms with Gasteiger partial charge < -0.3 is 10.1 Å². The molecule has 0 amide bonds. The molecule has 0 aromatic heterocycles. The molecule has 0 saturated carbocycles. The number of hydrogen-bond donors (Lipinski definition) is 1. The highest BCUT2D eigenvalue weighted by atomic mass is 16.5. The number of piperidine rings is 1. The summed E-state index contributed by atoms with van der Waals surface area (Å²) in [6, 6.07) is 9.28. The maximum Gasteiger partial charge on any atom is 0.337 e. The van der Waals surface area contributed by atoms with Gasteiger partial charge in [0.15, 0.2) is 0 Å². The van der Waals surface area contributed by atoms with Gasteiger partial charge in [0.1, 0.15) is 0 Å². The minimum Gasteiger partial charge on any atom is -0.465 e. The summed E-state index contributed by atoms with van der Waals surface area (Å²) in [4.78, 5) is 11.6. The predicted octanol–water partition coefficient (Wildman–Crippen LogP) is 2.47. The fourth-order valence-corrected chi connectivity index (χ4v) is 3.37. The van der Waals surface area contributed by atoms with Crippen LogP contribution in [0.4, 0.5) is 0 Å². The summed E-state index contributed by atoms with van der Waals surface area (Å²) in [6.07, 6.45) is 5.00. The molecule has 2 atom stereocenters. The lowest BCUT2D eigenvalue weighted by Crippen LogP contribution is -2.37. The molecular formula is C15H19NO2. The second-order valence-electron chi connectivity index (χ2n) is 5.42. The molecule has 2 fully saturated rings. The van der Waals surface area contributed by atoms with E-state index in [1.54, 1.807) is 0 Å². The molecule has 2 aliphatic rings. The van der Waals surface area contributed by atoms with Gasteiger partial charge in [0.05, 0.1) is 12.7 Å². The number of carbonyl (C=O) groups excluding carboxylic acids is 1. The molecule has 1 aromatic rings. The molecule has 3 rings (SSSR count). The average molecular weight is 245 g/mol. The van der Waals surface area contributed by atoms with Crippen molar-refractivity contribution >= 4 is 5.97 Å². The summed E-state index contributed by atoms with van der Waals surface area (Å²) in [5.74, 6) is 0.349. The van der Waals surface area contributed by atoms with E-state index in [1.165, 1.54) is 38.4 Å². The van der Waals surface area contributed by atoms with Gasteiger partial charge in [0, 0.05) is 12.1 Å². The fourth-order valence-electron chi connectivity index (χ4n) is 3.37. The average Bonchev–Trinajstić information content (AvgIpc) is 2.76. The van der Waals surface area contributed by atoms with Crippen LogP contribution in [0.1, 0.15) is 47.5 Å². The van der Waals surface area contributed by atoms with Gasteiger partial charge in [-0.25, -0.2) is 4.79 Å². The Morgan fingerprint density at radius 3 is 2.67 bits per heavy atom. The van der Waals surface area contributed by atoms with E-state index < -0.39 is 0 Å². The van der Waals surface area contributed by atoms with Crippen LogP contribution in [0.3, 0.4) is 0 Å². The van der Waals surface area contributed by atoms with Crippen LogP contribution in [0, 0.1) is 0 Å². The zero-order valence-electron chi connectivity index (χ0n) is 10.7. The van der Waals surface area contributed by atoms with Crippen LogP contribution in [0.5, 0.6) is 0 Å². The molecule has 2 unspecified atom stereocenters. The number of esters is 1. The summed E-state index contributed by atoms with van der Waals surface area (Å²) < 4.78 is 4.78. The summed E-state index contributed by atoms with van der Waals surface area (Å²) in [5, 5.41) is 3.65. The highest BCUT2D eigenvalue weighted by Crippen LogP contribution is 2.37. The van der Waals surface area contributed by atoms with Gasteiger partial charge in [-0.2, -0.15) is 0 Å². The van der Waals surface area contributed by atoms with E-state index in [9.17, 15) is 4.79 Å². The van der Waals surface area contributed by atoms with Crippen LogP contribution in [-0.4, -0.2) is 25.2 Å². The Labute approximate surface area is 108 Å². The normalized spacial score (nSPS) is 30.2. The molecule has 2 bridgehead atoms. The zero-order chi connectivity index (χ0) is 12.5. The highest BCUT2D eigenvalue weighted by molar-refractivity contribution is 5.89. The van der Waals surface area contributed by atoms with E-state index in [2.05, 4.69) is 11.4 Å². The molecular weight excluding hydrogens is 226 g/mol. The number of nitrogens with one attached hydrogen (secondary N) is 1. The first-order valence-electron chi connectivity index (χ1n) is 6.70. The molecule has 0 aliphatic carbocycles. The summed E-state index contributed by atoms with van der Waals surface area (Å²) in [6.45, 7) is 0. The third kappa shape index (κ3) is 2.15. The molecule has 1 aromatic carbocycles. The number of fused-ring (bicyclic) bond motifs is 2. The molecule has 96 valence electrons. The molecule has 3 heteroatoms. The van der Waals surface area contributed by atoms with Crippen LogP contribution >= 0.6 is 0 Å². The lowest BCUT2D eigenvalue weighted by Gasteiger charge is -2.29. The van der Waals surface area contributed by atoms with E-state index in [1.807, 2.05) is 18.2 Å². The van der Waals surface area contributed by atoms with Gasteiger partial charge in [-0.1, -0.05) is 12.1 Å². The zero-order valence-corrected chi connectivity index (χ0v) is 10.7. The first-order valence-corrected chi connectivity index (χ1v) is 6.70. The number of methoxy groups -OCH3 is 1. The third-order valence-corrected chi connectivity index (χ3v) is 4.25. The second kappa shape index (κ2) is 4.73. The second-order valence-corrected chi connectivity index (χ2v) is 5.42. The van der Waals surface area contributed by atoms with Crippen molar-refractivity contribution in [1.29, 1.82) is 0 Å². The first-order chi connectivity index (χ1) is 8.76. The monoisotopic (exact) mass is 245 g/mol. The van der Waals surface area contributed by atoms with Crippen molar-refractivity contribution < 1.29 is 9.53 Å². The molecule has 18 heavy (non-hydrogen) atoms. The molecule has 2 aliphatic heterocycles. The van der Waals surface area contributed by atoms with Gasteiger partial charge in [-0.15, -0.1) is 0 Å². The Morgan fingerprint density at radius 1 is 1.28 bits per heavy atom. The Hall–Kier alpha value is -1.35. The lowest BCUT2D eigenvalue weighted by molar-refractivity contribution is 0.0600. The van der Waals surface area contributed by atoms with Crippen molar-refractivity contribution in [3.8, 4) is 0 Å². The van der Waals surface area contributed by atoms with Crippen LogP contribution in [0.25, 0.3) is 0 Å². The standard InChI is InChI=1S/C15H19NO2/c1-18-15(17)11-4-2-3-10(7-11)12-8-13-5-6-14(9-12)16-13/h2-4,7,12-14,16H,5-6,8-9H2,1H3. The third-order valence-electron chi connectivity index (χ3n) is 4.25. The van der Waals surface area contributed by atoms with E-state index >= 15 is 0 Å². The van der Waals surface area contributed by atoms with Crippen molar-refractivity contribution in [1.82, 2.24) is 5.32 Å². The maximum absolute atomic E-state index is 11.6. The van der Waals surface area contributed by atoms with Crippen LogP contribution in [0.15, 0.2) is 24.3 Å². The predicted molar refractivity (Wildman–Crippen MR) is 69.7 cm³/mol. The number of carbonyl (C=O) groups is 1. The van der Waals surface area contributed by atoms with Crippen LogP contribution in [0.2, 0.25) is 0 Å². The smallest absolute Gasteiger partial charge is 0.337 e. The molecule has 0 spiro atoms. The van der Waals surface area contributed by atoms with Crippen molar-refractivity contribution in [3.05, 3.63) is 35.4 Å². The molecule has 2 saturated heterocycles. The van der Waals surface area contributed by atoms with Gasteiger partial charge in [-0.3, -0.25) is 0 Å². The Bertz CT molecular complexity index is 446. The molecule has 2 heterocycles. The van der Waals surface area contributed by atoms with E-state index in [0.717, 1.165) is 0 Å². The van der Waals surface area contributed by atoms with Crippen molar-refractivity contribution in [2.45, 2.75) is 43.7 Å². The summed E-state index contributed by atoms with van der Waals surface area (Å²) in [7, 11) is 1.43. The number of rotatable bonds is 2. The van der Waals surface area contributed by atoms with Gasteiger partial charge in [0.25, 0.3) is 0 Å². The van der Waals surface area contributed by atoms with Crippen molar-refractivity contribution in [2.75, 3.05) is 7.11 Å². The minimum absolute atomic E-state index is 0.242. The fraction of sp³-hybridized carbons (Fsp3) is 0.533. The molecule has 1 N–H and O–H groups in total. The quantitative estimate of drug-likeness (QED) is 0.813. The number of ether oxygens (including phenoxy) is 1. The Morgan fingerprint density at radius 2 is 2.00 bits per heavy atom. The van der Waals surface area contributed by atoms with E-state index in [0.29, 0.717) is 23.6 Å². The Kier molecular flexibility index (Phi) is 3.08. The van der Waals surface area contributed by atoms with E-state index in [-0.39, 0.29) is 5.97 Å². The lowest BCUT2D eigenvalue weighted by atomic mass is 9.85. The van der Waals surface area contributed by atoms with Gasteiger partial charge in [0.2, 0.25) is 0 Å². The van der Waals surface area contributed by atoms with Gasteiger partial charge in [-0.05, 0) is 49.3 Å². The SMILES string of the molecule is COC(=O)c1cccc(C2CC3CCC(C2)N3)c1. The number of hydrogen-bond acceptors (Lipinski definition) is 3. The molecule has 3 nitrogen and oxygen atoms in total. The van der Waals surface area contributed by atoms with Crippen molar-refractivity contribution in [3.63, 3.8) is 0 Å². The largest absolute Gasteiger partial charge is 0.465 e. The van der Waals surface area contributed by atoms with E-state index in [4.69, 9.17) is 4.74 Å². The summed E-state index contributed by atoms with van der Waals surface area (Å²) >= 11 is 0. The first kappa shape index (κ1) is 11.7. The van der Waals surface area contributed by atoms with Crippen LogP contribution < -0.4 is 5.32 Å².